The maximum absolute atomic E-state index is 12.0. The first-order chi connectivity index (χ1) is 11.4. The molecular weight excluding hydrogens is 326 g/mol. The molecule has 0 saturated heterocycles. The van der Waals surface area contributed by atoms with Crippen molar-refractivity contribution >= 4 is 22.1 Å². The molecule has 142 valence electrons. The summed E-state index contributed by atoms with van der Waals surface area (Å²) in [5.74, 6) is -0.197. The Labute approximate surface area is 148 Å². The highest BCUT2D eigenvalue weighted by Crippen LogP contribution is 2.11. The van der Waals surface area contributed by atoms with E-state index in [1.807, 2.05) is 0 Å². The summed E-state index contributed by atoms with van der Waals surface area (Å²) in [5.41, 5.74) is 0. The number of unbranched alkanes of at least 4 members (excludes halogenated alkanes) is 9. The van der Waals surface area contributed by atoms with Crippen LogP contribution in [0.25, 0.3) is 0 Å². The van der Waals surface area contributed by atoms with E-state index in [2.05, 4.69) is 11.6 Å². The maximum Gasteiger partial charge on any atom is 0.212 e. The number of carbonyl (C=O) groups is 2. The third-order valence-corrected chi connectivity index (χ3v) is 5.62. The van der Waals surface area contributed by atoms with Crippen LogP contribution in [-0.2, 0) is 19.6 Å². The Balaban J connectivity index is 3.80. The molecule has 0 amide bonds. The van der Waals surface area contributed by atoms with E-state index in [1.54, 1.807) is 0 Å². The summed E-state index contributed by atoms with van der Waals surface area (Å²) in [6, 6.07) is -0.775. The van der Waals surface area contributed by atoms with Crippen LogP contribution in [0, 0.1) is 0 Å². The molecule has 0 aliphatic heterocycles. The maximum atomic E-state index is 12.0. The van der Waals surface area contributed by atoms with Gasteiger partial charge in [0.1, 0.15) is 12.1 Å². The van der Waals surface area contributed by atoms with Gasteiger partial charge in [-0.3, -0.25) is 4.79 Å². The number of rotatable bonds is 17. The van der Waals surface area contributed by atoms with Crippen molar-refractivity contribution in [1.29, 1.82) is 0 Å². The van der Waals surface area contributed by atoms with Gasteiger partial charge in [-0.1, -0.05) is 64.7 Å². The molecule has 1 atom stereocenters. The lowest BCUT2D eigenvalue weighted by molar-refractivity contribution is -0.118. The van der Waals surface area contributed by atoms with Gasteiger partial charge in [-0.25, -0.2) is 13.1 Å². The van der Waals surface area contributed by atoms with Crippen molar-refractivity contribution < 1.29 is 18.0 Å². The molecule has 0 heterocycles. The number of sulfonamides is 1. The normalized spacial score (nSPS) is 12.9. The molecule has 24 heavy (non-hydrogen) atoms. The quantitative estimate of drug-likeness (QED) is 0.316. The Hall–Kier alpha value is -0.750. The first-order valence-corrected chi connectivity index (χ1v) is 11.0. The smallest absolute Gasteiger partial charge is 0.212 e. The van der Waals surface area contributed by atoms with Gasteiger partial charge in [0, 0.05) is 6.42 Å². The Morgan fingerprint density at radius 1 is 0.958 bits per heavy atom. The van der Waals surface area contributed by atoms with E-state index in [1.165, 1.54) is 45.4 Å². The fourth-order valence-electron chi connectivity index (χ4n) is 2.64. The number of Topliss-reactive ketones (excluding diaryl/α,β-unsaturated/α-hetero) is 1. The number of carbonyl (C=O) groups excluding carboxylic acids is 2. The summed E-state index contributed by atoms with van der Waals surface area (Å²) >= 11 is 0. The third-order valence-electron chi connectivity index (χ3n) is 4.15. The topological polar surface area (TPSA) is 80.3 Å². The second kappa shape index (κ2) is 14.6. The molecule has 6 heteroatoms. The first kappa shape index (κ1) is 23.2. The molecule has 0 aliphatic carbocycles. The van der Waals surface area contributed by atoms with Crippen molar-refractivity contribution in [1.82, 2.24) is 4.72 Å². The van der Waals surface area contributed by atoms with E-state index >= 15 is 0 Å². The van der Waals surface area contributed by atoms with E-state index in [4.69, 9.17) is 0 Å². The van der Waals surface area contributed by atoms with E-state index in [0.29, 0.717) is 12.7 Å². The second-order valence-corrected chi connectivity index (χ2v) is 8.40. The van der Waals surface area contributed by atoms with E-state index in [0.717, 1.165) is 19.3 Å². The minimum Gasteiger partial charge on any atom is -0.303 e. The molecular formula is C18H35NO4S. The predicted molar refractivity (Wildman–Crippen MR) is 98.5 cm³/mol. The number of nitrogens with one attached hydrogen (secondary N) is 1. The van der Waals surface area contributed by atoms with Crippen molar-refractivity contribution in [3.05, 3.63) is 0 Å². The van der Waals surface area contributed by atoms with Gasteiger partial charge in [0.05, 0.1) is 11.8 Å². The molecule has 0 aliphatic rings. The summed E-state index contributed by atoms with van der Waals surface area (Å²) in [5, 5.41) is 0. The van der Waals surface area contributed by atoms with E-state index in [9.17, 15) is 18.0 Å². The van der Waals surface area contributed by atoms with Crippen molar-refractivity contribution in [3.8, 4) is 0 Å². The van der Waals surface area contributed by atoms with Crippen LogP contribution in [0.3, 0.4) is 0 Å². The average Bonchev–Trinajstić information content (AvgIpc) is 2.53. The van der Waals surface area contributed by atoms with Gasteiger partial charge in [0.25, 0.3) is 0 Å². The van der Waals surface area contributed by atoms with E-state index in [-0.39, 0.29) is 24.4 Å². The Morgan fingerprint density at radius 3 is 1.92 bits per heavy atom. The third kappa shape index (κ3) is 13.7. The average molecular weight is 362 g/mol. The zero-order chi connectivity index (χ0) is 18.3. The van der Waals surface area contributed by atoms with Crippen LogP contribution in [-0.4, -0.2) is 32.3 Å². The summed E-state index contributed by atoms with van der Waals surface area (Å²) in [4.78, 5) is 21.8. The minimum atomic E-state index is -3.45. The zero-order valence-corrected chi connectivity index (χ0v) is 16.2. The molecule has 0 saturated carbocycles. The molecule has 1 N–H and O–H groups in total. The summed E-state index contributed by atoms with van der Waals surface area (Å²) in [6.07, 6.45) is 12.6. The van der Waals surface area contributed by atoms with Crippen LogP contribution >= 0.6 is 0 Å². The molecule has 0 radical (unpaired) electrons. The highest BCUT2D eigenvalue weighted by atomic mass is 32.2. The Kier molecular flexibility index (Phi) is 14.1. The monoisotopic (exact) mass is 361 g/mol. The fourth-order valence-corrected chi connectivity index (χ4v) is 4.05. The van der Waals surface area contributed by atoms with E-state index < -0.39 is 16.1 Å². The van der Waals surface area contributed by atoms with Gasteiger partial charge >= 0.3 is 0 Å². The van der Waals surface area contributed by atoms with Crippen LogP contribution in [0.5, 0.6) is 0 Å². The van der Waals surface area contributed by atoms with Crippen molar-refractivity contribution in [2.45, 2.75) is 96.9 Å². The first-order valence-electron chi connectivity index (χ1n) is 9.37. The molecule has 0 aromatic carbocycles. The van der Waals surface area contributed by atoms with Crippen molar-refractivity contribution in [2.75, 3.05) is 5.75 Å². The number of hydrogen-bond acceptors (Lipinski definition) is 4. The Bertz CT molecular complexity index is 434. The molecule has 5 nitrogen and oxygen atoms in total. The second-order valence-electron chi connectivity index (χ2n) is 6.53. The fraction of sp³-hybridized carbons (Fsp3) is 0.889. The molecule has 0 fully saturated rings. The number of aldehydes is 1. The van der Waals surface area contributed by atoms with Crippen LogP contribution in [0.1, 0.15) is 90.9 Å². The lowest BCUT2D eigenvalue weighted by Gasteiger charge is -2.14. The molecule has 1 unspecified atom stereocenters. The van der Waals surface area contributed by atoms with Gasteiger partial charge in [0.15, 0.2) is 0 Å². The molecule has 0 aromatic rings. The SMILES string of the molecule is CCCCCCCCCCCCS(=O)(=O)NC(CCC=O)C(C)=O. The van der Waals surface area contributed by atoms with Crippen LogP contribution < -0.4 is 4.72 Å². The predicted octanol–water partition coefficient (Wildman–Crippen LogP) is 3.76. The summed E-state index contributed by atoms with van der Waals surface area (Å²) < 4.78 is 26.4. The van der Waals surface area contributed by atoms with Gasteiger partial charge in [-0.15, -0.1) is 0 Å². The lowest BCUT2D eigenvalue weighted by atomic mass is 10.1. The highest BCUT2D eigenvalue weighted by Gasteiger charge is 2.20. The van der Waals surface area contributed by atoms with Crippen molar-refractivity contribution in [3.63, 3.8) is 0 Å². The van der Waals surface area contributed by atoms with Crippen molar-refractivity contribution in [2.24, 2.45) is 0 Å². The van der Waals surface area contributed by atoms with Crippen LogP contribution in [0.15, 0.2) is 0 Å². The molecule has 0 aromatic heterocycles. The zero-order valence-electron chi connectivity index (χ0n) is 15.4. The summed E-state index contributed by atoms with van der Waals surface area (Å²) in [7, 11) is -3.45. The number of hydrogen-bond donors (Lipinski definition) is 1. The molecule has 0 bridgehead atoms. The van der Waals surface area contributed by atoms with Gasteiger partial charge in [-0.2, -0.15) is 0 Å². The van der Waals surface area contributed by atoms with Crippen LogP contribution in [0.4, 0.5) is 0 Å². The molecule has 0 spiro atoms. The van der Waals surface area contributed by atoms with Gasteiger partial charge < -0.3 is 4.79 Å². The lowest BCUT2D eigenvalue weighted by Crippen LogP contribution is -2.40. The van der Waals surface area contributed by atoms with Crippen LogP contribution in [0.2, 0.25) is 0 Å². The van der Waals surface area contributed by atoms with Gasteiger partial charge in [-0.05, 0) is 19.8 Å². The summed E-state index contributed by atoms with van der Waals surface area (Å²) in [6.45, 7) is 3.56. The number of ketones is 1. The Morgan fingerprint density at radius 2 is 1.46 bits per heavy atom. The molecule has 0 rings (SSSR count). The largest absolute Gasteiger partial charge is 0.303 e. The highest BCUT2D eigenvalue weighted by molar-refractivity contribution is 7.89. The van der Waals surface area contributed by atoms with Gasteiger partial charge in [0.2, 0.25) is 10.0 Å². The minimum absolute atomic E-state index is 0.0500. The standard InChI is InChI=1S/C18H35NO4S/c1-3-4-5-6-7-8-9-10-11-12-16-24(22,23)19-18(17(2)21)14-13-15-20/h15,18-19H,3-14,16H2,1-2H3.